The molecule has 0 aliphatic rings. The van der Waals surface area contributed by atoms with Crippen molar-refractivity contribution in [2.24, 2.45) is 0 Å². The Kier molecular flexibility index (Phi) is 8.34. The smallest absolute Gasteiger partial charge is 0.0337 e. The topological polar surface area (TPSA) is 12.0 Å². The van der Waals surface area contributed by atoms with Crippen molar-refractivity contribution < 1.29 is 0 Å². The Morgan fingerprint density at radius 1 is 0.640 bits per heavy atom. The molecule has 1 heteroatoms. The number of hydrogen-bond donors (Lipinski definition) is 1. The van der Waals surface area contributed by atoms with Gasteiger partial charge < -0.3 is 5.32 Å². The van der Waals surface area contributed by atoms with Gasteiger partial charge in [0.15, 0.2) is 0 Å². The zero-order valence-electron chi connectivity index (χ0n) is 15.4. The van der Waals surface area contributed by atoms with Crippen LogP contribution in [0.1, 0.15) is 31.7 Å². The van der Waals surface area contributed by atoms with E-state index in [-0.39, 0.29) is 0 Å². The first kappa shape index (κ1) is 18.8. The average Bonchev–Trinajstić information content (AvgIpc) is 2.70. The summed E-state index contributed by atoms with van der Waals surface area (Å²) in [5.41, 5.74) is 5.23. The Morgan fingerprint density at radius 3 is 1.72 bits per heavy atom. The van der Waals surface area contributed by atoms with Crippen LogP contribution in [0.3, 0.4) is 0 Å². The third kappa shape index (κ3) is 6.84. The number of hydrogen-bond acceptors (Lipinski definition) is 1. The Hall–Kier alpha value is -2.54. The Labute approximate surface area is 152 Å². The van der Waals surface area contributed by atoms with Gasteiger partial charge in [0.05, 0.1) is 0 Å². The van der Waals surface area contributed by atoms with Gasteiger partial charge in [-0.3, -0.25) is 0 Å². The number of rotatable bonds is 6. The van der Waals surface area contributed by atoms with Crippen molar-refractivity contribution in [3.8, 4) is 11.1 Å². The van der Waals surface area contributed by atoms with Gasteiger partial charge in [-0.2, -0.15) is 0 Å². The molecule has 0 bridgehead atoms. The molecule has 0 unspecified atom stereocenters. The molecule has 0 radical (unpaired) electrons. The molecular weight excluding hydrogens is 302 g/mol. The second kappa shape index (κ2) is 11.1. The van der Waals surface area contributed by atoms with Crippen molar-refractivity contribution in [3.63, 3.8) is 0 Å². The van der Waals surface area contributed by atoms with E-state index in [9.17, 15) is 0 Å². The number of unbranched alkanes of at least 4 members (excludes halogenated alkanes) is 2. The summed E-state index contributed by atoms with van der Waals surface area (Å²) >= 11 is 0. The lowest BCUT2D eigenvalue weighted by Gasteiger charge is -2.04. The molecule has 0 saturated carbocycles. The first-order valence-corrected chi connectivity index (χ1v) is 9.20. The molecule has 130 valence electrons. The predicted octanol–water partition coefficient (Wildman–Crippen LogP) is 6.81. The normalized spacial score (nSPS) is 9.84. The molecule has 0 saturated heterocycles. The van der Waals surface area contributed by atoms with E-state index < -0.39 is 0 Å². The van der Waals surface area contributed by atoms with Crippen LogP contribution in [0.4, 0.5) is 5.69 Å². The molecule has 0 heterocycles. The molecular formula is C24H29N. The summed E-state index contributed by atoms with van der Waals surface area (Å²) in [5.74, 6) is 0. The highest BCUT2D eigenvalue weighted by atomic mass is 14.8. The van der Waals surface area contributed by atoms with Crippen molar-refractivity contribution in [1.29, 1.82) is 0 Å². The van der Waals surface area contributed by atoms with Gasteiger partial charge in [-0.25, -0.2) is 0 Å². The summed E-state index contributed by atoms with van der Waals surface area (Å²) in [7, 11) is 1.91. The fourth-order valence-corrected chi connectivity index (χ4v) is 2.68. The molecule has 3 aromatic carbocycles. The fourth-order valence-electron chi connectivity index (χ4n) is 2.68. The molecule has 25 heavy (non-hydrogen) atoms. The summed E-state index contributed by atoms with van der Waals surface area (Å²) in [6.07, 6.45) is 5.15. The van der Waals surface area contributed by atoms with Gasteiger partial charge in [0.2, 0.25) is 0 Å². The average molecular weight is 332 g/mol. The van der Waals surface area contributed by atoms with Gasteiger partial charge in [-0.05, 0) is 41.7 Å². The molecule has 0 spiro atoms. The van der Waals surface area contributed by atoms with E-state index in [0.29, 0.717) is 0 Å². The molecule has 0 atom stereocenters. The van der Waals surface area contributed by atoms with Gasteiger partial charge in [0, 0.05) is 12.7 Å². The van der Waals surface area contributed by atoms with Crippen molar-refractivity contribution in [2.75, 3.05) is 12.4 Å². The Bertz CT molecular complexity index is 687. The van der Waals surface area contributed by atoms with Crippen LogP contribution in [-0.4, -0.2) is 7.05 Å². The summed E-state index contributed by atoms with van der Waals surface area (Å²) in [6, 6.07) is 29.6. The first-order valence-electron chi connectivity index (χ1n) is 9.20. The summed E-state index contributed by atoms with van der Waals surface area (Å²) < 4.78 is 0. The van der Waals surface area contributed by atoms with E-state index >= 15 is 0 Å². The van der Waals surface area contributed by atoms with Crippen LogP contribution in [-0.2, 0) is 6.42 Å². The quantitative estimate of drug-likeness (QED) is 0.489. The zero-order chi connectivity index (χ0) is 17.7. The van der Waals surface area contributed by atoms with Gasteiger partial charge in [-0.1, -0.05) is 92.6 Å². The molecule has 0 amide bonds. The fraction of sp³-hybridized carbons (Fsp3) is 0.250. The van der Waals surface area contributed by atoms with Crippen LogP contribution in [0.15, 0.2) is 84.9 Å². The number of anilines is 1. The van der Waals surface area contributed by atoms with Crippen molar-refractivity contribution in [2.45, 2.75) is 32.6 Å². The molecule has 0 aliphatic heterocycles. The van der Waals surface area contributed by atoms with Gasteiger partial charge >= 0.3 is 0 Å². The predicted molar refractivity (Wildman–Crippen MR) is 111 cm³/mol. The molecule has 1 nitrogen and oxygen atoms in total. The Balaban J connectivity index is 0.000000236. The highest BCUT2D eigenvalue weighted by molar-refractivity contribution is 5.63. The van der Waals surface area contributed by atoms with Crippen molar-refractivity contribution in [1.82, 2.24) is 0 Å². The van der Waals surface area contributed by atoms with Crippen LogP contribution < -0.4 is 5.32 Å². The minimum atomic E-state index is 1.16. The van der Waals surface area contributed by atoms with E-state index in [2.05, 4.69) is 66.8 Å². The van der Waals surface area contributed by atoms with E-state index in [1.165, 1.54) is 42.4 Å². The van der Waals surface area contributed by atoms with Crippen molar-refractivity contribution >= 4 is 5.69 Å². The number of benzene rings is 3. The van der Waals surface area contributed by atoms with E-state index in [4.69, 9.17) is 0 Å². The number of nitrogens with one attached hydrogen (secondary N) is 1. The molecule has 3 rings (SSSR count). The van der Waals surface area contributed by atoms with Crippen LogP contribution >= 0.6 is 0 Å². The maximum absolute atomic E-state index is 3.03. The maximum Gasteiger partial charge on any atom is 0.0337 e. The van der Waals surface area contributed by atoms with Crippen LogP contribution in [0.2, 0.25) is 0 Å². The van der Waals surface area contributed by atoms with E-state index in [1.54, 1.807) is 0 Å². The van der Waals surface area contributed by atoms with E-state index in [1.807, 2.05) is 37.4 Å². The summed E-state index contributed by atoms with van der Waals surface area (Å²) in [5, 5.41) is 3.03. The Morgan fingerprint density at radius 2 is 1.20 bits per heavy atom. The highest BCUT2D eigenvalue weighted by Gasteiger charge is 1.97. The van der Waals surface area contributed by atoms with Crippen LogP contribution in [0, 0.1) is 0 Å². The first-order chi connectivity index (χ1) is 12.3. The lowest BCUT2D eigenvalue weighted by atomic mass is 10.0. The zero-order valence-corrected chi connectivity index (χ0v) is 15.4. The standard InChI is InChI=1S/C17H20.C7H9N/c1-2-3-5-8-15-11-13-17(14-12-15)16-9-6-4-7-10-16;1-8-7-5-3-2-4-6-7/h4,6-7,9-14H,2-3,5,8H2,1H3;2-6,8H,1H3. The molecule has 0 aliphatic carbocycles. The monoisotopic (exact) mass is 331 g/mol. The van der Waals surface area contributed by atoms with Gasteiger partial charge in [0.25, 0.3) is 0 Å². The maximum atomic E-state index is 3.03. The largest absolute Gasteiger partial charge is 0.388 e. The summed E-state index contributed by atoms with van der Waals surface area (Å²) in [6.45, 7) is 2.25. The van der Waals surface area contributed by atoms with Gasteiger partial charge in [0.1, 0.15) is 0 Å². The molecule has 1 N–H and O–H groups in total. The van der Waals surface area contributed by atoms with Crippen LogP contribution in [0.5, 0.6) is 0 Å². The molecule has 0 aromatic heterocycles. The highest BCUT2D eigenvalue weighted by Crippen LogP contribution is 2.19. The number of aryl methyl sites for hydroxylation is 1. The van der Waals surface area contributed by atoms with Crippen LogP contribution in [0.25, 0.3) is 11.1 Å². The molecule has 3 aromatic rings. The third-order valence-electron chi connectivity index (χ3n) is 4.19. The minimum Gasteiger partial charge on any atom is -0.388 e. The van der Waals surface area contributed by atoms with Gasteiger partial charge in [-0.15, -0.1) is 0 Å². The molecule has 0 fully saturated rings. The second-order valence-corrected chi connectivity index (χ2v) is 6.14. The lowest BCUT2D eigenvalue weighted by Crippen LogP contribution is -1.85. The van der Waals surface area contributed by atoms with E-state index in [0.717, 1.165) is 5.69 Å². The minimum absolute atomic E-state index is 1.16. The SMILES string of the molecule is CCCCCc1ccc(-c2ccccc2)cc1.CNc1ccccc1. The summed E-state index contributed by atoms with van der Waals surface area (Å²) in [4.78, 5) is 0. The third-order valence-corrected chi connectivity index (χ3v) is 4.19. The number of para-hydroxylation sites is 1. The second-order valence-electron chi connectivity index (χ2n) is 6.14. The van der Waals surface area contributed by atoms with Crippen molar-refractivity contribution in [3.05, 3.63) is 90.5 Å². The lowest BCUT2D eigenvalue weighted by molar-refractivity contribution is 0.717.